The van der Waals surface area contributed by atoms with Gasteiger partial charge in [-0.05, 0) is 27.7 Å². The number of nitrogens with zero attached hydrogens (tertiary/aromatic N) is 2. The maximum absolute atomic E-state index is 6.07. The molecule has 0 amide bonds. The average Bonchev–Trinajstić information content (AvgIpc) is 3.09. The molecule has 2 heterocycles. The summed E-state index contributed by atoms with van der Waals surface area (Å²) in [5.41, 5.74) is 1.46. The summed E-state index contributed by atoms with van der Waals surface area (Å²) in [5, 5.41) is 4.44. The molecule has 1 saturated heterocycles. The molecule has 0 aliphatic carbocycles. The van der Waals surface area contributed by atoms with Gasteiger partial charge in [0.25, 0.3) is 0 Å². The van der Waals surface area contributed by atoms with Crippen LogP contribution in [0.3, 0.4) is 0 Å². The Morgan fingerprint density at radius 2 is 1.96 bits per heavy atom. The van der Waals surface area contributed by atoms with Crippen LogP contribution >= 0.6 is 7.81 Å². The zero-order valence-electron chi connectivity index (χ0n) is 15.0. The first kappa shape index (κ1) is 18.8. The fourth-order valence-corrected chi connectivity index (χ4v) is 3.14. The Labute approximate surface area is 154 Å². The first-order valence-electron chi connectivity index (χ1n) is 8.29. The second-order valence-corrected chi connectivity index (χ2v) is 8.03. The maximum atomic E-state index is 6.07. The summed E-state index contributed by atoms with van der Waals surface area (Å²) in [5.74, 6) is 0.826. The Balaban J connectivity index is 1.63. The summed E-state index contributed by atoms with van der Waals surface area (Å²) in [6, 6.07) is 8.03. The number of hydrogen-bond donors (Lipinski definition) is 0. The van der Waals surface area contributed by atoms with Crippen LogP contribution in [-0.2, 0) is 33.3 Å². The zero-order chi connectivity index (χ0) is 18.1. The third kappa shape index (κ3) is 4.22. The minimum absolute atomic E-state index is 0.341. The van der Waals surface area contributed by atoms with Gasteiger partial charge in [-0.25, -0.2) is 0 Å². The Kier molecular flexibility index (Phi) is 5.49. The molecule has 0 atom stereocenters. The van der Waals surface area contributed by atoms with Gasteiger partial charge in [0.05, 0.1) is 11.2 Å². The van der Waals surface area contributed by atoms with E-state index in [2.05, 4.69) is 46.7 Å². The van der Waals surface area contributed by atoms with E-state index in [0.717, 1.165) is 24.2 Å². The third-order valence-electron chi connectivity index (χ3n) is 4.85. The molecule has 3 rings (SSSR count). The second kappa shape index (κ2) is 7.32. The van der Waals surface area contributed by atoms with E-state index in [1.807, 2.05) is 35.3 Å². The Bertz CT molecular complexity index is 787. The van der Waals surface area contributed by atoms with Gasteiger partial charge in [0, 0.05) is 0 Å². The molecule has 0 saturated carbocycles. The van der Waals surface area contributed by atoms with E-state index in [9.17, 15) is 0 Å². The molecule has 1 aromatic heterocycles. The molecule has 0 spiro atoms. The standard InChI is InChI=1S/C17H23BN2O3PS/c1-16(2)17(3,4)23-18(22-16)14-11-19-20(12-14)9-8-13-6-5-7-15(10-13)21-25-24/h5-7,10-12,25H,8-9H2,1-4H3/q-1. The summed E-state index contributed by atoms with van der Waals surface area (Å²) in [6.07, 6.45) is 4.68. The minimum atomic E-state index is -0.370. The molecule has 1 aliphatic rings. The molecule has 25 heavy (non-hydrogen) atoms. The Hall–Kier alpha value is -1.01. The van der Waals surface area contributed by atoms with Crippen molar-refractivity contribution in [2.45, 2.75) is 51.9 Å². The summed E-state index contributed by atoms with van der Waals surface area (Å²) < 4.78 is 19.4. The first-order chi connectivity index (χ1) is 11.8. The van der Waals surface area contributed by atoms with E-state index in [4.69, 9.17) is 13.5 Å². The predicted octanol–water partition coefficient (Wildman–Crippen LogP) is 2.86. The molecule has 0 unspecified atom stereocenters. The smallest absolute Gasteiger partial charge is 0.0348 e. The van der Waals surface area contributed by atoms with Gasteiger partial charge in [-0.3, -0.25) is 0 Å². The van der Waals surface area contributed by atoms with Crippen molar-refractivity contribution in [2.75, 3.05) is 0 Å². The van der Waals surface area contributed by atoms with Crippen LogP contribution in [0.15, 0.2) is 36.7 Å². The number of thiol groups is 1. The van der Waals surface area contributed by atoms with Crippen molar-refractivity contribution in [3.05, 3.63) is 42.2 Å². The van der Waals surface area contributed by atoms with Crippen LogP contribution in [0.1, 0.15) is 33.3 Å². The van der Waals surface area contributed by atoms with Crippen LogP contribution in [0.5, 0.6) is 5.75 Å². The molecular formula is C17H23BN2O3PS-. The van der Waals surface area contributed by atoms with E-state index < -0.39 is 0 Å². The monoisotopic (exact) mass is 377 g/mol. The fourth-order valence-electron chi connectivity index (χ4n) is 2.65. The van der Waals surface area contributed by atoms with Crippen molar-refractivity contribution in [1.82, 2.24) is 9.78 Å². The Morgan fingerprint density at radius 1 is 1.24 bits per heavy atom. The van der Waals surface area contributed by atoms with Gasteiger partial charge in [-0.2, -0.15) is 0 Å². The predicted molar refractivity (Wildman–Crippen MR) is 104 cm³/mol. The molecule has 8 heteroatoms. The molecule has 0 radical (unpaired) electrons. The Morgan fingerprint density at radius 3 is 2.64 bits per heavy atom. The second-order valence-electron chi connectivity index (χ2n) is 7.20. The third-order valence-corrected chi connectivity index (χ3v) is 5.39. The van der Waals surface area contributed by atoms with Gasteiger partial charge in [-0.1, -0.05) is 0 Å². The van der Waals surface area contributed by atoms with Crippen LogP contribution in [0.4, 0.5) is 0 Å². The van der Waals surface area contributed by atoms with E-state index in [0.29, 0.717) is 11.0 Å². The number of rotatable bonds is 5. The van der Waals surface area contributed by atoms with Crippen molar-refractivity contribution in [3.63, 3.8) is 0 Å². The normalized spacial score (nSPS) is 18.4. The SMILES string of the molecule is CC1(C)OB(c2cnn(CCc3cccc(O[SH-]#P)c3)c2)OC1(C)C. The van der Waals surface area contributed by atoms with E-state index >= 15 is 0 Å². The van der Waals surface area contributed by atoms with Crippen molar-refractivity contribution < 1.29 is 13.5 Å². The minimum Gasteiger partial charge on any atom is -0.0348 e. The molecule has 5 nitrogen and oxygen atoms in total. The number of benzene rings is 1. The van der Waals surface area contributed by atoms with E-state index in [1.165, 1.54) is 5.56 Å². The van der Waals surface area contributed by atoms with Crippen LogP contribution in [-0.4, -0.2) is 28.1 Å². The van der Waals surface area contributed by atoms with Crippen molar-refractivity contribution in [1.29, 1.82) is 0 Å². The van der Waals surface area contributed by atoms with Gasteiger partial charge in [-0.15, -0.1) is 0 Å². The first-order valence-corrected chi connectivity index (χ1v) is 10.3. The summed E-state index contributed by atoms with van der Waals surface area (Å²) in [6.45, 7) is 8.99. The van der Waals surface area contributed by atoms with Gasteiger partial charge in [0.2, 0.25) is 0 Å². The van der Waals surface area contributed by atoms with Gasteiger partial charge in [0.15, 0.2) is 0 Å². The number of hydrogen-bond acceptors (Lipinski definition) is 5. The molecule has 1 aromatic carbocycles. The van der Waals surface area contributed by atoms with Gasteiger partial charge >= 0.3 is 116 Å². The van der Waals surface area contributed by atoms with Crippen LogP contribution in [0.25, 0.3) is 0 Å². The van der Waals surface area contributed by atoms with Crippen molar-refractivity contribution in [2.24, 2.45) is 0 Å². The molecule has 0 bridgehead atoms. The van der Waals surface area contributed by atoms with Crippen LogP contribution < -0.4 is 9.65 Å². The van der Waals surface area contributed by atoms with Gasteiger partial charge < -0.3 is 0 Å². The van der Waals surface area contributed by atoms with Gasteiger partial charge in [0.1, 0.15) is 0 Å². The zero-order valence-corrected chi connectivity index (χ0v) is 16.8. The summed E-state index contributed by atoms with van der Waals surface area (Å²) >= 11 is 0.598. The van der Waals surface area contributed by atoms with Crippen LogP contribution in [0.2, 0.25) is 0 Å². The summed E-state index contributed by atoms with van der Waals surface area (Å²) in [4.78, 5) is 0. The topological polar surface area (TPSA) is 45.5 Å². The van der Waals surface area contributed by atoms with E-state index in [-0.39, 0.29) is 18.3 Å². The average molecular weight is 377 g/mol. The number of aromatic nitrogens is 2. The van der Waals surface area contributed by atoms with Crippen LogP contribution in [0, 0.1) is 0 Å². The molecule has 0 N–H and O–H groups in total. The molecule has 134 valence electrons. The molecule has 1 fully saturated rings. The van der Waals surface area contributed by atoms with Crippen molar-refractivity contribution >= 4 is 31.4 Å². The quantitative estimate of drug-likeness (QED) is 0.348. The summed E-state index contributed by atoms with van der Waals surface area (Å²) in [7, 11) is 3.69. The van der Waals surface area contributed by atoms with Crippen molar-refractivity contribution in [3.8, 4) is 5.75 Å². The fraction of sp³-hybridized carbons (Fsp3) is 0.471. The number of aryl methyl sites for hydroxylation is 2. The molecule has 2 aromatic rings. The molecular weight excluding hydrogens is 354 g/mol. The molecule has 1 aliphatic heterocycles. The van der Waals surface area contributed by atoms with E-state index in [1.54, 1.807) is 0 Å².